The molecule has 0 amide bonds. The van der Waals surface area contributed by atoms with Crippen molar-refractivity contribution < 1.29 is 19.0 Å². The zero-order valence-corrected chi connectivity index (χ0v) is 15.2. The van der Waals surface area contributed by atoms with Crippen LogP contribution < -0.4 is 9.47 Å². The standard InChI is InChI=1S/C20H18ClNO4/c1-3-24-20(23)13(2)25-15-8-10-16(11-9-15)26-19-17(21)12-14-6-4-5-7-18(14)22-19/h4-13H,3H2,1-2H3. The molecule has 0 aliphatic heterocycles. The van der Waals surface area contributed by atoms with Gasteiger partial charge in [0.25, 0.3) is 0 Å². The lowest BCUT2D eigenvalue weighted by atomic mass is 10.2. The number of carbonyl (C=O) groups excluding carboxylic acids is 1. The molecule has 1 unspecified atom stereocenters. The Bertz CT molecular complexity index is 911. The molecule has 26 heavy (non-hydrogen) atoms. The molecule has 0 fully saturated rings. The number of hydrogen-bond acceptors (Lipinski definition) is 5. The molecule has 134 valence electrons. The first kappa shape index (κ1) is 18.0. The van der Waals surface area contributed by atoms with Crippen molar-refractivity contribution >= 4 is 28.5 Å². The first-order valence-electron chi connectivity index (χ1n) is 8.23. The second-order valence-electron chi connectivity index (χ2n) is 5.55. The summed E-state index contributed by atoms with van der Waals surface area (Å²) in [5.74, 6) is 1.03. The molecule has 5 nitrogen and oxygen atoms in total. The zero-order valence-electron chi connectivity index (χ0n) is 14.4. The summed E-state index contributed by atoms with van der Waals surface area (Å²) in [5, 5.41) is 1.38. The maximum atomic E-state index is 11.6. The molecule has 0 aliphatic carbocycles. The van der Waals surface area contributed by atoms with Crippen molar-refractivity contribution in [3.63, 3.8) is 0 Å². The molecule has 0 spiro atoms. The molecule has 1 heterocycles. The van der Waals surface area contributed by atoms with Crippen molar-refractivity contribution in [1.82, 2.24) is 4.98 Å². The fourth-order valence-electron chi connectivity index (χ4n) is 2.35. The summed E-state index contributed by atoms with van der Waals surface area (Å²) in [5.41, 5.74) is 0.801. The van der Waals surface area contributed by atoms with Crippen LogP contribution in [-0.2, 0) is 9.53 Å². The van der Waals surface area contributed by atoms with Gasteiger partial charge in [0.2, 0.25) is 5.88 Å². The summed E-state index contributed by atoms with van der Waals surface area (Å²) in [6.07, 6.45) is -0.682. The maximum absolute atomic E-state index is 11.6. The minimum absolute atomic E-state index is 0.318. The van der Waals surface area contributed by atoms with E-state index < -0.39 is 12.1 Å². The lowest BCUT2D eigenvalue weighted by molar-refractivity contribution is -0.150. The van der Waals surface area contributed by atoms with Crippen LogP contribution >= 0.6 is 11.6 Å². The SMILES string of the molecule is CCOC(=O)C(C)Oc1ccc(Oc2nc3ccccc3cc2Cl)cc1. The number of para-hydroxylation sites is 1. The number of carbonyl (C=O) groups is 1. The quantitative estimate of drug-likeness (QED) is 0.570. The van der Waals surface area contributed by atoms with E-state index in [2.05, 4.69) is 4.98 Å². The van der Waals surface area contributed by atoms with Gasteiger partial charge in [0.15, 0.2) is 6.10 Å². The number of esters is 1. The molecule has 0 aliphatic rings. The van der Waals surface area contributed by atoms with Crippen LogP contribution in [0.1, 0.15) is 13.8 Å². The van der Waals surface area contributed by atoms with Gasteiger partial charge in [-0.2, -0.15) is 0 Å². The number of ether oxygens (including phenoxy) is 3. The lowest BCUT2D eigenvalue weighted by Crippen LogP contribution is -2.25. The van der Waals surface area contributed by atoms with Gasteiger partial charge in [-0.15, -0.1) is 0 Å². The van der Waals surface area contributed by atoms with Crippen molar-refractivity contribution in [1.29, 1.82) is 0 Å². The number of fused-ring (bicyclic) bond motifs is 1. The number of nitrogens with zero attached hydrogens (tertiary/aromatic N) is 1. The molecule has 2 aromatic carbocycles. The van der Waals surface area contributed by atoms with Crippen LogP contribution in [0, 0.1) is 0 Å². The van der Waals surface area contributed by atoms with Crippen molar-refractivity contribution in [2.45, 2.75) is 20.0 Å². The normalized spacial score (nSPS) is 11.8. The van der Waals surface area contributed by atoms with E-state index in [0.29, 0.717) is 29.0 Å². The van der Waals surface area contributed by atoms with Crippen LogP contribution in [0.3, 0.4) is 0 Å². The highest BCUT2D eigenvalue weighted by Gasteiger charge is 2.15. The third-order valence-electron chi connectivity index (χ3n) is 3.61. The second kappa shape index (κ2) is 8.06. The molecule has 6 heteroatoms. The van der Waals surface area contributed by atoms with Gasteiger partial charge in [-0.25, -0.2) is 9.78 Å². The number of pyridine rings is 1. The average Bonchev–Trinajstić information content (AvgIpc) is 2.64. The fraction of sp³-hybridized carbons (Fsp3) is 0.200. The van der Waals surface area contributed by atoms with E-state index in [-0.39, 0.29) is 0 Å². The van der Waals surface area contributed by atoms with Crippen molar-refractivity contribution in [2.75, 3.05) is 6.61 Å². The molecule has 1 atom stereocenters. The molecule has 3 rings (SSSR count). The Morgan fingerprint density at radius 2 is 1.81 bits per heavy atom. The van der Waals surface area contributed by atoms with Crippen LogP contribution in [0.15, 0.2) is 54.6 Å². The van der Waals surface area contributed by atoms with E-state index in [4.69, 9.17) is 25.8 Å². The van der Waals surface area contributed by atoms with Crippen LogP contribution in [0.4, 0.5) is 0 Å². The summed E-state index contributed by atoms with van der Waals surface area (Å²) in [4.78, 5) is 16.0. The number of rotatable bonds is 6. The summed E-state index contributed by atoms with van der Waals surface area (Å²) < 4.78 is 16.2. The van der Waals surface area contributed by atoms with E-state index in [1.165, 1.54) is 0 Å². The molecular weight excluding hydrogens is 354 g/mol. The van der Waals surface area contributed by atoms with Crippen molar-refractivity contribution in [2.24, 2.45) is 0 Å². The van der Waals surface area contributed by atoms with Crippen LogP contribution in [0.2, 0.25) is 5.02 Å². The Morgan fingerprint density at radius 3 is 2.54 bits per heavy atom. The Kier molecular flexibility index (Phi) is 5.58. The van der Waals surface area contributed by atoms with Gasteiger partial charge < -0.3 is 14.2 Å². The van der Waals surface area contributed by atoms with Crippen LogP contribution in [0.5, 0.6) is 17.4 Å². The first-order valence-corrected chi connectivity index (χ1v) is 8.61. The highest BCUT2D eigenvalue weighted by atomic mass is 35.5. The Labute approximate surface area is 156 Å². The minimum atomic E-state index is -0.682. The summed E-state index contributed by atoms with van der Waals surface area (Å²) in [6.45, 7) is 3.71. The average molecular weight is 372 g/mol. The summed E-state index contributed by atoms with van der Waals surface area (Å²) in [6, 6.07) is 16.3. The Balaban J connectivity index is 1.71. The number of hydrogen-bond donors (Lipinski definition) is 0. The van der Waals surface area contributed by atoms with Gasteiger partial charge in [-0.3, -0.25) is 0 Å². The monoisotopic (exact) mass is 371 g/mol. The van der Waals surface area contributed by atoms with Gasteiger partial charge in [-0.1, -0.05) is 29.8 Å². The molecule has 0 radical (unpaired) electrons. The van der Waals surface area contributed by atoms with Crippen LogP contribution in [0.25, 0.3) is 10.9 Å². The van der Waals surface area contributed by atoms with Gasteiger partial charge in [0.1, 0.15) is 16.5 Å². The predicted molar refractivity (Wildman–Crippen MR) is 100.0 cm³/mol. The largest absolute Gasteiger partial charge is 0.479 e. The van der Waals surface area contributed by atoms with E-state index in [1.54, 1.807) is 38.1 Å². The van der Waals surface area contributed by atoms with Gasteiger partial charge in [-0.05, 0) is 50.2 Å². The zero-order chi connectivity index (χ0) is 18.5. The summed E-state index contributed by atoms with van der Waals surface area (Å²) in [7, 11) is 0. The maximum Gasteiger partial charge on any atom is 0.347 e. The minimum Gasteiger partial charge on any atom is -0.479 e. The first-order chi connectivity index (χ1) is 12.6. The molecule has 3 aromatic rings. The third kappa shape index (κ3) is 4.24. The van der Waals surface area contributed by atoms with E-state index in [9.17, 15) is 4.79 Å². The topological polar surface area (TPSA) is 57.7 Å². The van der Waals surface area contributed by atoms with Gasteiger partial charge in [0.05, 0.1) is 12.1 Å². The highest BCUT2D eigenvalue weighted by molar-refractivity contribution is 6.32. The van der Waals surface area contributed by atoms with E-state index in [0.717, 1.165) is 10.9 Å². The van der Waals surface area contributed by atoms with Gasteiger partial charge in [0, 0.05) is 5.39 Å². The number of aromatic nitrogens is 1. The van der Waals surface area contributed by atoms with E-state index in [1.807, 2.05) is 30.3 Å². The third-order valence-corrected chi connectivity index (χ3v) is 3.89. The van der Waals surface area contributed by atoms with Gasteiger partial charge >= 0.3 is 5.97 Å². The van der Waals surface area contributed by atoms with Crippen molar-refractivity contribution in [3.8, 4) is 17.4 Å². The molecular formula is C20H18ClNO4. The number of benzene rings is 2. The Hall–Kier alpha value is -2.79. The predicted octanol–water partition coefficient (Wildman–Crippen LogP) is 5.01. The molecule has 0 N–H and O–H groups in total. The molecule has 0 saturated heterocycles. The molecule has 1 aromatic heterocycles. The lowest BCUT2D eigenvalue weighted by Gasteiger charge is -2.14. The number of halogens is 1. The van der Waals surface area contributed by atoms with Crippen molar-refractivity contribution in [3.05, 3.63) is 59.6 Å². The smallest absolute Gasteiger partial charge is 0.347 e. The van der Waals surface area contributed by atoms with E-state index >= 15 is 0 Å². The fourth-order valence-corrected chi connectivity index (χ4v) is 2.55. The van der Waals surface area contributed by atoms with Crippen LogP contribution in [-0.4, -0.2) is 23.7 Å². The Morgan fingerprint density at radius 1 is 1.12 bits per heavy atom. The second-order valence-corrected chi connectivity index (χ2v) is 5.96. The molecule has 0 bridgehead atoms. The molecule has 0 saturated carbocycles. The highest BCUT2D eigenvalue weighted by Crippen LogP contribution is 2.31. The summed E-state index contributed by atoms with van der Waals surface area (Å²) >= 11 is 6.25.